The Labute approximate surface area is 263 Å². The van der Waals surface area contributed by atoms with Gasteiger partial charge in [0.05, 0.1) is 11.6 Å². The van der Waals surface area contributed by atoms with E-state index in [1.54, 1.807) is 0 Å². The first kappa shape index (κ1) is 28.1. The number of ether oxygens (including phenoxy) is 2. The average molecular weight is 631 g/mol. The Hall–Kier alpha value is -4.16. The lowest BCUT2D eigenvalue weighted by Gasteiger charge is -2.40. The van der Waals surface area contributed by atoms with Gasteiger partial charge in [-0.15, -0.1) is 0 Å². The number of hydrogen-bond acceptors (Lipinski definition) is 9. The van der Waals surface area contributed by atoms with Crippen LogP contribution in [0.3, 0.4) is 0 Å². The van der Waals surface area contributed by atoms with Gasteiger partial charge in [-0.2, -0.15) is 9.97 Å². The summed E-state index contributed by atoms with van der Waals surface area (Å²) >= 11 is 0. The number of aromatic hydroxyl groups is 1. The molecule has 5 aliphatic heterocycles. The number of benzene rings is 2. The summed E-state index contributed by atoms with van der Waals surface area (Å²) in [5.41, 5.74) is -0.298. The number of phenolic OH excluding ortho intramolecular Hbond substituents is 1. The molecule has 4 saturated heterocycles. The molecule has 2 aromatic carbocycles. The third-order valence-corrected chi connectivity index (χ3v) is 10.7. The molecule has 9 rings (SSSR count). The molecule has 9 nitrogen and oxygen atoms in total. The van der Waals surface area contributed by atoms with E-state index in [2.05, 4.69) is 31.7 Å². The number of anilines is 1. The van der Waals surface area contributed by atoms with Gasteiger partial charge in [-0.1, -0.05) is 18.7 Å². The van der Waals surface area contributed by atoms with E-state index in [0.717, 1.165) is 32.2 Å². The lowest BCUT2D eigenvalue weighted by atomic mass is 9.95. The number of rotatable bonds is 5. The van der Waals surface area contributed by atoms with Gasteiger partial charge in [-0.05, 0) is 55.8 Å². The molecule has 5 atom stereocenters. The molecule has 0 unspecified atom stereocenters. The van der Waals surface area contributed by atoms with Gasteiger partial charge in [0.2, 0.25) is 5.88 Å². The quantitative estimate of drug-likeness (QED) is 0.311. The Morgan fingerprint density at radius 1 is 1.15 bits per heavy atom. The maximum atomic E-state index is 17.0. The van der Waals surface area contributed by atoms with E-state index in [0.29, 0.717) is 41.5 Å². The van der Waals surface area contributed by atoms with Crippen LogP contribution < -0.4 is 19.7 Å². The third-order valence-electron chi connectivity index (χ3n) is 10.7. The highest BCUT2D eigenvalue weighted by Crippen LogP contribution is 2.45. The van der Waals surface area contributed by atoms with Crippen molar-refractivity contribution >= 4 is 33.6 Å². The number of aromatic nitrogens is 3. The van der Waals surface area contributed by atoms with Crippen LogP contribution in [0, 0.1) is 11.6 Å². The molecule has 2 aromatic heterocycles. The topological polar surface area (TPSA) is 95.9 Å². The standard InChI is InChI=1S/C34H33F3N6O3/c1-2-21-23(36)6-4-17-10-20(44)11-22(26(17)21)29-28(37)30-27-31(43-14-19-5-7-24(38-19)25(43)15-45-32(27)39-29)41-33(40-30)46-16-34-8-3-9-42(34)13-18(35)12-34/h2,4,6,10-11,18-19,24-25,38,44H,1,3,5,7-9,12-16H2/t18-,19-,24+,25+,34+/m0/s1. The molecule has 12 heteroatoms. The largest absolute Gasteiger partial charge is 0.508 e. The smallest absolute Gasteiger partial charge is 0.319 e. The summed E-state index contributed by atoms with van der Waals surface area (Å²) in [5, 5.41) is 15.5. The first-order valence-corrected chi connectivity index (χ1v) is 16.0. The van der Waals surface area contributed by atoms with E-state index in [1.807, 2.05) is 0 Å². The van der Waals surface area contributed by atoms with Gasteiger partial charge >= 0.3 is 6.01 Å². The zero-order valence-corrected chi connectivity index (χ0v) is 25.1. The number of fused-ring (bicyclic) bond motifs is 7. The van der Waals surface area contributed by atoms with Crippen LogP contribution in [0.25, 0.3) is 39.0 Å². The Kier molecular flexibility index (Phi) is 6.21. The van der Waals surface area contributed by atoms with Crippen molar-refractivity contribution in [2.45, 2.75) is 61.9 Å². The second-order valence-corrected chi connectivity index (χ2v) is 13.3. The van der Waals surface area contributed by atoms with Crippen molar-refractivity contribution < 1.29 is 27.8 Å². The first-order chi connectivity index (χ1) is 22.3. The summed E-state index contributed by atoms with van der Waals surface area (Å²) in [6.07, 6.45) is 4.59. The molecule has 0 aliphatic carbocycles. The van der Waals surface area contributed by atoms with Crippen molar-refractivity contribution in [2.24, 2.45) is 0 Å². The molecule has 0 amide bonds. The highest BCUT2D eigenvalue weighted by atomic mass is 19.1. The summed E-state index contributed by atoms with van der Waals surface area (Å²) < 4.78 is 59.2. The van der Waals surface area contributed by atoms with Crippen LogP contribution in [0.1, 0.15) is 37.7 Å². The van der Waals surface area contributed by atoms with Gasteiger partial charge in [0.1, 0.15) is 53.4 Å². The lowest BCUT2D eigenvalue weighted by molar-refractivity contribution is 0.107. The van der Waals surface area contributed by atoms with Gasteiger partial charge in [0.25, 0.3) is 0 Å². The Bertz CT molecular complexity index is 1940. The monoisotopic (exact) mass is 630 g/mol. The maximum Gasteiger partial charge on any atom is 0.319 e. The minimum atomic E-state index is -0.920. The molecule has 7 heterocycles. The summed E-state index contributed by atoms with van der Waals surface area (Å²) in [5.74, 6) is -0.797. The fraction of sp³-hybridized carbons (Fsp3) is 0.441. The van der Waals surface area contributed by atoms with E-state index >= 15 is 8.78 Å². The second-order valence-electron chi connectivity index (χ2n) is 13.3. The fourth-order valence-corrected chi connectivity index (χ4v) is 8.65. The van der Waals surface area contributed by atoms with Crippen molar-refractivity contribution in [3.63, 3.8) is 0 Å². The molecule has 2 bridgehead atoms. The van der Waals surface area contributed by atoms with E-state index in [9.17, 15) is 9.50 Å². The number of piperazine rings is 1. The van der Waals surface area contributed by atoms with Crippen molar-refractivity contribution in [1.29, 1.82) is 0 Å². The van der Waals surface area contributed by atoms with Crippen LogP contribution in [0.15, 0.2) is 30.8 Å². The minimum absolute atomic E-state index is 0.00171. The molecule has 0 spiro atoms. The molecule has 0 radical (unpaired) electrons. The van der Waals surface area contributed by atoms with Gasteiger partial charge in [-0.25, -0.2) is 18.2 Å². The van der Waals surface area contributed by atoms with Crippen LogP contribution in [0.5, 0.6) is 17.6 Å². The molecule has 4 fully saturated rings. The molecule has 238 valence electrons. The van der Waals surface area contributed by atoms with Crippen LogP contribution in [-0.4, -0.2) is 87.6 Å². The number of nitrogens with zero attached hydrogens (tertiary/aromatic N) is 5. The summed E-state index contributed by atoms with van der Waals surface area (Å²) in [7, 11) is 0. The molecule has 2 N–H and O–H groups in total. The molecule has 46 heavy (non-hydrogen) atoms. The highest BCUT2D eigenvalue weighted by Gasteiger charge is 2.50. The Balaban J connectivity index is 1.25. The third kappa shape index (κ3) is 4.12. The van der Waals surface area contributed by atoms with Gasteiger partial charge < -0.3 is 24.8 Å². The Morgan fingerprint density at radius 2 is 2.04 bits per heavy atom. The van der Waals surface area contributed by atoms with Crippen LogP contribution in [0.4, 0.5) is 19.0 Å². The maximum absolute atomic E-state index is 17.0. The van der Waals surface area contributed by atoms with Gasteiger partial charge in [-0.3, -0.25) is 4.90 Å². The van der Waals surface area contributed by atoms with E-state index in [-0.39, 0.29) is 71.3 Å². The second kappa shape index (κ2) is 10.2. The predicted molar refractivity (Wildman–Crippen MR) is 167 cm³/mol. The first-order valence-electron chi connectivity index (χ1n) is 16.0. The number of phenols is 1. The SMILES string of the molecule is C=Cc1c(F)ccc2cc(O)cc(-c3nc4c5c(nc(OC[C@]67CCCN6C[C@@H](F)C7)nc5c3F)N3C[C@@H]5CC[C@@H](N5)[C@H]3CO4)c12. The molecule has 5 aliphatic rings. The highest BCUT2D eigenvalue weighted by molar-refractivity contribution is 6.05. The Morgan fingerprint density at radius 3 is 2.91 bits per heavy atom. The average Bonchev–Trinajstić information content (AvgIpc) is 3.68. The van der Waals surface area contributed by atoms with E-state index in [1.165, 1.54) is 30.3 Å². The zero-order valence-electron chi connectivity index (χ0n) is 25.1. The van der Waals surface area contributed by atoms with Crippen molar-refractivity contribution in [3.8, 4) is 28.9 Å². The zero-order chi connectivity index (χ0) is 31.3. The van der Waals surface area contributed by atoms with Crippen molar-refractivity contribution in [1.82, 2.24) is 25.2 Å². The number of halogens is 3. The molecule has 0 saturated carbocycles. The minimum Gasteiger partial charge on any atom is -0.508 e. The number of alkyl halides is 1. The van der Waals surface area contributed by atoms with Crippen molar-refractivity contribution in [3.05, 3.63) is 48.0 Å². The normalized spacial score (nSPS) is 28.3. The van der Waals surface area contributed by atoms with Crippen LogP contribution in [0.2, 0.25) is 0 Å². The molecule has 4 aromatic rings. The summed E-state index contributed by atoms with van der Waals surface area (Å²) in [6, 6.07) is 5.98. The lowest BCUT2D eigenvalue weighted by Crippen LogP contribution is -2.60. The fourth-order valence-electron chi connectivity index (χ4n) is 8.65. The summed E-state index contributed by atoms with van der Waals surface area (Å²) in [6.45, 7) is 6.10. The van der Waals surface area contributed by atoms with E-state index in [4.69, 9.17) is 14.5 Å². The number of nitrogens with one attached hydrogen (secondary N) is 1. The number of hydrogen-bond donors (Lipinski definition) is 2. The van der Waals surface area contributed by atoms with Crippen LogP contribution in [-0.2, 0) is 0 Å². The van der Waals surface area contributed by atoms with Gasteiger partial charge in [0.15, 0.2) is 5.82 Å². The van der Waals surface area contributed by atoms with Crippen molar-refractivity contribution in [2.75, 3.05) is 37.7 Å². The predicted octanol–water partition coefficient (Wildman–Crippen LogP) is 5.13. The molecular formula is C34H33F3N6O3. The van der Waals surface area contributed by atoms with E-state index < -0.39 is 23.3 Å². The van der Waals surface area contributed by atoms with Gasteiger partial charge in [0, 0.05) is 48.1 Å². The van der Waals surface area contributed by atoms with Crippen LogP contribution >= 0.6 is 0 Å². The summed E-state index contributed by atoms with van der Waals surface area (Å²) in [4.78, 5) is 18.5. The molecular weight excluding hydrogens is 597 g/mol. The number of pyridine rings is 1.